The zero-order valence-corrected chi connectivity index (χ0v) is 10.9. The molecular formula is C9H15BrN4O2. The molecule has 0 amide bonds. The Morgan fingerprint density at radius 2 is 2.25 bits per heavy atom. The monoisotopic (exact) mass is 290 g/mol. The van der Waals surface area contributed by atoms with Crippen LogP contribution in [0.2, 0.25) is 0 Å². The van der Waals surface area contributed by atoms with E-state index in [1.807, 2.05) is 14.1 Å². The van der Waals surface area contributed by atoms with Gasteiger partial charge >= 0.3 is 0 Å². The van der Waals surface area contributed by atoms with Crippen molar-refractivity contribution in [3.05, 3.63) is 10.3 Å². The highest BCUT2D eigenvalue weighted by molar-refractivity contribution is 9.10. The highest BCUT2D eigenvalue weighted by atomic mass is 79.9. The van der Waals surface area contributed by atoms with Crippen LogP contribution in [-0.4, -0.2) is 41.5 Å². The van der Waals surface area contributed by atoms with E-state index in [-0.39, 0.29) is 12.3 Å². The molecule has 6 nitrogen and oxygen atoms in total. The zero-order chi connectivity index (χ0) is 11.5. The predicted molar refractivity (Wildman–Crippen MR) is 60.8 cm³/mol. The molecule has 16 heavy (non-hydrogen) atoms. The first kappa shape index (κ1) is 12.0. The number of aryl methyl sites for hydroxylation is 1. The van der Waals surface area contributed by atoms with Crippen molar-refractivity contribution in [2.75, 3.05) is 20.3 Å². The minimum absolute atomic E-state index is 0.109. The van der Waals surface area contributed by atoms with Gasteiger partial charge in [-0.15, -0.1) is 5.10 Å². The van der Waals surface area contributed by atoms with Gasteiger partial charge in [-0.3, -0.25) is 0 Å². The van der Waals surface area contributed by atoms with Crippen molar-refractivity contribution in [1.29, 1.82) is 0 Å². The second-order valence-electron chi connectivity index (χ2n) is 3.64. The van der Waals surface area contributed by atoms with E-state index < -0.39 is 0 Å². The predicted octanol–water partition coefficient (Wildman–Crippen LogP) is 0.601. The third-order valence-electron chi connectivity index (χ3n) is 2.62. The standard InChI is InChI=1S/C9H15BrN4O2/c1-11-6(5-7-15-3-4-16-7)8-9(10)12-13-14(8)2/h6-7,11H,3-5H2,1-2H3. The Morgan fingerprint density at radius 3 is 2.75 bits per heavy atom. The van der Waals surface area contributed by atoms with Crippen molar-refractivity contribution in [1.82, 2.24) is 20.3 Å². The molecule has 0 radical (unpaired) electrons. The summed E-state index contributed by atoms with van der Waals surface area (Å²) in [6, 6.07) is 0.109. The molecule has 1 N–H and O–H groups in total. The molecule has 0 saturated carbocycles. The number of rotatable bonds is 4. The molecule has 1 atom stereocenters. The maximum Gasteiger partial charge on any atom is 0.159 e. The van der Waals surface area contributed by atoms with Gasteiger partial charge in [-0.1, -0.05) is 5.21 Å². The summed E-state index contributed by atoms with van der Waals surface area (Å²) in [5.41, 5.74) is 1.00. The number of nitrogens with one attached hydrogen (secondary N) is 1. The topological polar surface area (TPSA) is 61.2 Å². The Bertz CT molecular complexity index is 332. The summed E-state index contributed by atoms with van der Waals surface area (Å²) >= 11 is 3.39. The van der Waals surface area contributed by atoms with Crippen LogP contribution in [-0.2, 0) is 16.5 Å². The van der Waals surface area contributed by atoms with Gasteiger partial charge in [0.15, 0.2) is 10.9 Å². The first-order valence-corrected chi connectivity index (χ1v) is 5.97. The molecule has 0 spiro atoms. The molecule has 1 aliphatic heterocycles. The van der Waals surface area contributed by atoms with Crippen LogP contribution in [0.5, 0.6) is 0 Å². The summed E-state index contributed by atoms with van der Waals surface area (Å²) in [7, 11) is 3.77. The average molecular weight is 291 g/mol. The van der Waals surface area contributed by atoms with Crippen molar-refractivity contribution < 1.29 is 9.47 Å². The molecular weight excluding hydrogens is 276 g/mol. The third kappa shape index (κ3) is 2.42. The van der Waals surface area contributed by atoms with Gasteiger partial charge in [-0.2, -0.15) is 0 Å². The molecule has 1 fully saturated rings. The normalized spacial score (nSPS) is 19.2. The molecule has 1 saturated heterocycles. The lowest BCUT2D eigenvalue weighted by atomic mass is 10.1. The number of halogens is 1. The molecule has 0 aromatic carbocycles. The van der Waals surface area contributed by atoms with Gasteiger partial charge in [0.05, 0.1) is 24.9 Å². The second-order valence-corrected chi connectivity index (χ2v) is 4.39. The first-order valence-electron chi connectivity index (χ1n) is 5.18. The number of nitrogens with zero attached hydrogens (tertiary/aromatic N) is 3. The van der Waals surface area contributed by atoms with E-state index >= 15 is 0 Å². The van der Waals surface area contributed by atoms with E-state index in [0.717, 1.165) is 16.7 Å². The van der Waals surface area contributed by atoms with Gasteiger partial charge < -0.3 is 14.8 Å². The molecule has 2 heterocycles. The van der Waals surface area contributed by atoms with Crippen molar-refractivity contribution in [2.45, 2.75) is 18.8 Å². The summed E-state index contributed by atoms with van der Waals surface area (Å²) in [4.78, 5) is 0. The quantitative estimate of drug-likeness (QED) is 0.880. The Kier molecular flexibility index (Phi) is 3.91. The smallest absolute Gasteiger partial charge is 0.159 e. The number of ether oxygens (including phenoxy) is 2. The summed E-state index contributed by atoms with van der Waals surface area (Å²) < 4.78 is 13.4. The van der Waals surface area contributed by atoms with Gasteiger partial charge in [0.2, 0.25) is 0 Å². The van der Waals surface area contributed by atoms with Crippen LogP contribution in [0.4, 0.5) is 0 Å². The zero-order valence-electron chi connectivity index (χ0n) is 9.31. The first-order chi connectivity index (χ1) is 7.72. The van der Waals surface area contributed by atoms with Crippen LogP contribution in [0.1, 0.15) is 18.2 Å². The summed E-state index contributed by atoms with van der Waals surface area (Å²) in [5.74, 6) is 0. The van der Waals surface area contributed by atoms with E-state index in [9.17, 15) is 0 Å². The van der Waals surface area contributed by atoms with Crippen molar-refractivity contribution in [2.24, 2.45) is 7.05 Å². The molecule has 0 aliphatic carbocycles. The van der Waals surface area contributed by atoms with Gasteiger partial charge in [-0.05, 0) is 23.0 Å². The molecule has 0 bridgehead atoms. The fourth-order valence-electron chi connectivity index (χ4n) is 1.81. The van der Waals surface area contributed by atoms with Crippen LogP contribution < -0.4 is 5.32 Å². The van der Waals surface area contributed by atoms with E-state index in [0.29, 0.717) is 13.2 Å². The van der Waals surface area contributed by atoms with E-state index in [2.05, 4.69) is 31.6 Å². The van der Waals surface area contributed by atoms with Crippen molar-refractivity contribution in [3.63, 3.8) is 0 Å². The lowest BCUT2D eigenvalue weighted by molar-refractivity contribution is -0.0530. The molecule has 1 aromatic heterocycles. The number of hydrogen-bond acceptors (Lipinski definition) is 5. The molecule has 1 aliphatic rings. The second kappa shape index (κ2) is 5.22. The van der Waals surface area contributed by atoms with E-state index in [4.69, 9.17) is 9.47 Å². The number of aromatic nitrogens is 3. The Labute approximate surface area is 102 Å². The molecule has 90 valence electrons. The average Bonchev–Trinajstić information content (AvgIpc) is 2.87. The minimum Gasteiger partial charge on any atom is -0.350 e. The lowest BCUT2D eigenvalue weighted by Gasteiger charge is -2.19. The maximum atomic E-state index is 5.44. The Morgan fingerprint density at radius 1 is 1.56 bits per heavy atom. The maximum absolute atomic E-state index is 5.44. The molecule has 1 aromatic rings. The van der Waals surface area contributed by atoms with Gasteiger partial charge in [0.25, 0.3) is 0 Å². The van der Waals surface area contributed by atoms with Crippen molar-refractivity contribution in [3.8, 4) is 0 Å². The van der Waals surface area contributed by atoms with Gasteiger partial charge in [-0.25, -0.2) is 4.68 Å². The summed E-state index contributed by atoms with van der Waals surface area (Å²) in [5, 5.41) is 11.1. The van der Waals surface area contributed by atoms with E-state index in [1.54, 1.807) is 4.68 Å². The highest BCUT2D eigenvalue weighted by Gasteiger charge is 2.25. The number of hydrogen-bond donors (Lipinski definition) is 1. The fraction of sp³-hybridized carbons (Fsp3) is 0.778. The third-order valence-corrected chi connectivity index (χ3v) is 3.19. The van der Waals surface area contributed by atoms with Gasteiger partial charge in [0.1, 0.15) is 0 Å². The Hall–Kier alpha value is -0.500. The summed E-state index contributed by atoms with van der Waals surface area (Å²) in [6.07, 6.45) is 0.607. The molecule has 2 rings (SSSR count). The van der Waals surface area contributed by atoms with Crippen LogP contribution in [0.15, 0.2) is 4.60 Å². The van der Waals surface area contributed by atoms with Crippen molar-refractivity contribution >= 4 is 15.9 Å². The molecule has 7 heteroatoms. The lowest BCUT2D eigenvalue weighted by Crippen LogP contribution is -2.25. The van der Waals surface area contributed by atoms with Crippen LogP contribution >= 0.6 is 15.9 Å². The minimum atomic E-state index is -0.140. The SMILES string of the molecule is CNC(CC1OCCO1)c1c(Br)nnn1C. The highest BCUT2D eigenvalue weighted by Crippen LogP contribution is 2.26. The fourth-order valence-corrected chi connectivity index (χ4v) is 2.41. The summed E-state index contributed by atoms with van der Waals surface area (Å²) in [6.45, 7) is 1.35. The Balaban J connectivity index is 2.09. The largest absolute Gasteiger partial charge is 0.350 e. The van der Waals surface area contributed by atoms with Crippen LogP contribution in [0.25, 0.3) is 0 Å². The van der Waals surface area contributed by atoms with Crippen LogP contribution in [0.3, 0.4) is 0 Å². The van der Waals surface area contributed by atoms with Gasteiger partial charge in [0, 0.05) is 13.5 Å². The van der Waals surface area contributed by atoms with E-state index in [1.165, 1.54) is 0 Å². The molecule has 1 unspecified atom stereocenters. The van der Waals surface area contributed by atoms with Crippen LogP contribution in [0, 0.1) is 0 Å².